The van der Waals surface area contributed by atoms with Crippen LogP contribution in [0.25, 0.3) is 0 Å². The minimum absolute atomic E-state index is 0.170. The summed E-state index contributed by atoms with van der Waals surface area (Å²) < 4.78 is 21.9. The number of nitrogens with two attached hydrogens (primary N) is 1. The third-order valence-electron chi connectivity index (χ3n) is 4.07. The molecule has 5 N–H and O–H groups in total. The Hall–Kier alpha value is -2.60. The largest absolute Gasteiger partial charge is 0.481 e. The number of tetrazole rings is 1. The van der Waals surface area contributed by atoms with E-state index in [-0.39, 0.29) is 12.3 Å². The molecule has 27 heavy (non-hydrogen) atoms. The minimum Gasteiger partial charge on any atom is -0.481 e. The normalized spacial score (nSPS) is 13.9. The maximum Gasteiger partial charge on any atom is 0.307 e. The number of H-pyrrole nitrogens is 1. The van der Waals surface area contributed by atoms with Crippen molar-refractivity contribution in [2.75, 3.05) is 17.6 Å². The average Bonchev–Trinajstić information content (AvgIpc) is 3.12. The molecule has 2 unspecified atom stereocenters. The fraction of sp³-hybridized carbons (Fsp3) is 0.533. The third-order valence-corrected chi connectivity index (χ3v) is 4.84. The summed E-state index contributed by atoms with van der Waals surface area (Å²) in [7, 11) is -3.53. The van der Waals surface area contributed by atoms with E-state index in [0.29, 0.717) is 36.5 Å². The Morgan fingerprint density at radius 3 is 2.70 bits per heavy atom. The molecule has 0 aliphatic rings. The molecule has 11 nitrogen and oxygen atoms in total. The summed E-state index contributed by atoms with van der Waals surface area (Å²) in [6, 6.07) is 3.49. The van der Waals surface area contributed by atoms with Gasteiger partial charge in [0.15, 0.2) is 5.82 Å². The average molecular weight is 397 g/mol. The second-order valence-electron chi connectivity index (χ2n) is 6.15. The number of carboxylic acid groups (broad SMARTS) is 1. The fourth-order valence-electron chi connectivity index (χ4n) is 2.76. The lowest BCUT2D eigenvalue weighted by molar-refractivity contribution is -0.143. The lowest BCUT2D eigenvalue weighted by Crippen LogP contribution is -2.25. The molecule has 0 fully saturated rings. The van der Waals surface area contributed by atoms with E-state index in [1.54, 1.807) is 18.3 Å². The van der Waals surface area contributed by atoms with Crippen molar-refractivity contribution in [2.45, 2.75) is 32.1 Å². The van der Waals surface area contributed by atoms with Crippen LogP contribution in [0.1, 0.15) is 37.2 Å². The zero-order valence-corrected chi connectivity index (χ0v) is 15.7. The van der Waals surface area contributed by atoms with E-state index in [2.05, 4.69) is 30.9 Å². The van der Waals surface area contributed by atoms with Crippen LogP contribution in [-0.4, -0.2) is 57.4 Å². The first kappa shape index (κ1) is 20.7. The number of sulfonamides is 1. The number of hydrogen-bond acceptors (Lipinski definition) is 8. The molecule has 0 aromatic carbocycles. The molecular formula is C15H23N7O4S. The highest BCUT2D eigenvalue weighted by Crippen LogP contribution is 2.29. The molecule has 0 bridgehead atoms. The first-order valence-corrected chi connectivity index (χ1v) is 10.2. The monoisotopic (exact) mass is 397 g/mol. The molecule has 2 aromatic heterocycles. The summed E-state index contributed by atoms with van der Waals surface area (Å²) >= 11 is 0. The molecule has 0 aliphatic heterocycles. The van der Waals surface area contributed by atoms with Crippen molar-refractivity contribution in [3.63, 3.8) is 0 Å². The Morgan fingerprint density at radius 2 is 2.19 bits per heavy atom. The van der Waals surface area contributed by atoms with Crippen LogP contribution >= 0.6 is 0 Å². The number of aliphatic carboxylic acids is 1. The smallest absolute Gasteiger partial charge is 0.307 e. The van der Waals surface area contributed by atoms with Crippen molar-refractivity contribution in [3.8, 4) is 0 Å². The first-order chi connectivity index (χ1) is 12.8. The Labute approximate surface area is 156 Å². The fourth-order valence-corrected chi connectivity index (χ4v) is 3.15. The second kappa shape index (κ2) is 9.37. The molecule has 2 rings (SSSR count). The summed E-state index contributed by atoms with van der Waals surface area (Å²) in [5, 5.41) is 31.3. The third kappa shape index (κ3) is 6.57. The number of primary sulfonamides is 1. The van der Waals surface area contributed by atoms with Gasteiger partial charge in [0, 0.05) is 24.6 Å². The Balaban J connectivity index is 2.09. The summed E-state index contributed by atoms with van der Waals surface area (Å²) in [6.45, 7) is 2.09. The summed E-state index contributed by atoms with van der Waals surface area (Å²) in [5.41, 5.74) is 1.31. The molecule has 0 amide bonds. The van der Waals surface area contributed by atoms with E-state index in [9.17, 15) is 18.3 Å². The molecule has 0 spiro atoms. The predicted molar refractivity (Wildman–Crippen MR) is 97.4 cm³/mol. The lowest BCUT2D eigenvalue weighted by Gasteiger charge is -2.20. The number of aromatic nitrogens is 5. The summed E-state index contributed by atoms with van der Waals surface area (Å²) in [5.74, 6) is -1.87. The SMILES string of the molecule is CCCC(C(=O)O)C(Cc1ccc(NCCS(N)(=O)=O)cn1)c1nn[nH]n1. The number of anilines is 1. The lowest BCUT2D eigenvalue weighted by atomic mass is 9.84. The van der Waals surface area contributed by atoms with Gasteiger partial charge in [0.25, 0.3) is 0 Å². The van der Waals surface area contributed by atoms with Gasteiger partial charge < -0.3 is 10.4 Å². The second-order valence-corrected chi connectivity index (χ2v) is 7.88. The van der Waals surface area contributed by atoms with Crippen molar-refractivity contribution in [1.82, 2.24) is 25.6 Å². The highest BCUT2D eigenvalue weighted by Gasteiger charge is 2.32. The molecule has 0 saturated heterocycles. The number of carbonyl (C=O) groups is 1. The Kier molecular flexibility index (Phi) is 7.19. The number of pyridine rings is 1. The first-order valence-electron chi connectivity index (χ1n) is 8.45. The van der Waals surface area contributed by atoms with E-state index in [1.807, 2.05) is 6.92 Å². The number of nitrogens with one attached hydrogen (secondary N) is 2. The molecule has 2 atom stereocenters. The van der Waals surface area contributed by atoms with Gasteiger partial charge in [-0.25, -0.2) is 13.6 Å². The van der Waals surface area contributed by atoms with Gasteiger partial charge in [-0.1, -0.05) is 18.6 Å². The number of carboxylic acids is 1. The van der Waals surface area contributed by atoms with Crippen molar-refractivity contribution >= 4 is 21.7 Å². The summed E-state index contributed by atoms with van der Waals surface area (Å²) in [4.78, 5) is 16.0. The molecule has 0 radical (unpaired) electrons. The van der Waals surface area contributed by atoms with Crippen LogP contribution < -0.4 is 10.5 Å². The molecule has 12 heteroatoms. The molecule has 2 aromatic rings. The van der Waals surface area contributed by atoms with E-state index >= 15 is 0 Å². The summed E-state index contributed by atoms with van der Waals surface area (Å²) in [6.07, 6.45) is 3.10. The van der Waals surface area contributed by atoms with Gasteiger partial charge >= 0.3 is 5.97 Å². The Bertz CT molecular complexity index is 824. The van der Waals surface area contributed by atoms with Gasteiger partial charge in [0.2, 0.25) is 10.0 Å². The van der Waals surface area contributed by atoms with Crippen LogP contribution in [0.2, 0.25) is 0 Å². The number of nitrogens with zero attached hydrogens (tertiary/aromatic N) is 4. The van der Waals surface area contributed by atoms with Gasteiger partial charge in [-0.3, -0.25) is 9.78 Å². The van der Waals surface area contributed by atoms with Crippen LogP contribution in [0.3, 0.4) is 0 Å². The van der Waals surface area contributed by atoms with Crippen LogP contribution in [0, 0.1) is 5.92 Å². The Morgan fingerprint density at radius 1 is 1.41 bits per heavy atom. The highest BCUT2D eigenvalue weighted by atomic mass is 32.2. The van der Waals surface area contributed by atoms with Gasteiger partial charge in [-0.15, -0.1) is 10.2 Å². The van der Waals surface area contributed by atoms with Crippen molar-refractivity contribution < 1.29 is 18.3 Å². The molecular weight excluding hydrogens is 374 g/mol. The predicted octanol–water partition coefficient (Wildman–Crippen LogP) is 0.122. The maximum absolute atomic E-state index is 11.7. The standard InChI is InChI=1S/C15H23N7O4S/c1-2-3-12(15(23)24)13(14-19-21-22-20-14)8-10-4-5-11(9-18-10)17-6-7-27(16,25)26/h4-5,9,12-13,17H,2-3,6-8H2,1H3,(H,23,24)(H2,16,25,26)(H,19,20,21,22). The molecule has 2 heterocycles. The van der Waals surface area contributed by atoms with E-state index in [0.717, 1.165) is 0 Å². The number of aromatic amines is 1. The maximum atomic E-state index is 11.7. The van der Waals surface area contributed by atoms with Crippen LogP contribution in [0.5, 0.6) is 0 Å². The highest BCUT2D eigenvalue weighted by molar-refractivity contribution is 7.89. The van der Waals surface area contributed by atoms with Crippen molar-refractivity contribution in [1.29, 1.82) is 0 Å². The number of hydrogen-bond donors (Lipinski definition) is 4. The topological polar surface area (TPSA) is 177 Å². The van der Waals surface area contributed by atoms with Crippen LogP contribution in [-0.2, 0) is 21.2 Å². The molecule has 0 aliphatic carbocycles. The van der Waals surface area contributed by atoms with Gasteiger partial charge in [-0.2, -0.15) is 5.21 Å². The van der Waals surface area contributed by atoms with Gasteiger partial charge in [-0.05, 0) is 18.6 Å². The van der Waals surface area contributed by atoms with E-state index in [1.165, 1.54) is 0 Å². The van der Waals surface area contributed by atoms with Crippen molar-refractivity contribution in [3.05, 3.63) is 29.8 Å². The number of rotatable bonds is 11. The van der Waals surface area contributed by atoms with Crippen LogP contribution in [0.15, 0.2) is 18.3 Å². The van der Waals surface area contributed by atoms with E-state index < -0.39 is 27.8 Å². The minimum atomic E-state index is -3.53. The molecule has 0 saturated carbocycles. The molecule has 148 valence electrons. The van der Waals surface area contributed by atoms with E-state index in [4.69, 9.17) is 5.14 Å². The van der Waals surface area contributed by atoms with Crippen LogP contribution in [0.4, 0.5) is 5.69 Å². The van der Waals surface area contributed by atoms with Gasteiger partial charge in [0.1, 0.15) is 0 Å². The zero-order chi connectivity index (χ0) is 19.9. The van der Waals surface area contributed by atoms with Gasteiger partial charge in [0.05, 0.1) is 23.6 Å². The zero-order valence-electron chi connectivity index (χ0n) is 14.9. The quantitative estimate of drug-likeness (QED) is 0.410. The van der Waals surface area contributed by atoms with Crippen molar-refractivity contribution in [2.24, 2.45) is 11.1 Å².